The number of carbonyl (C=O) groups excluding carboxylic acids is 1. The molecule has 3 heteroatoms. The molecule has 1 amide bonds. The Morgan fingerprint density at radius 1 is 1.00 bits per heavy atom. The van der Waals surface area contributed by atoms with Crippen molar-refractivity contribution < 1.29 is 9.53 Å². The first-order valence-corrected chi connectivity index (χ1v) is 8.54. The lowest BCUT2D eigenvalue weighted by Crippen LogP contribution is -2.32. The molecule has 1 N–H and O–H groups in total. The summed E-state index contributed by atoms with van der Waals surface area (Å²) in [6.45, 7) is 6.41. The summed E-state index contributed by atoms with van der Waals surface area (Å²) in [6, 6.07) is 16.2. The van der Waals surface area contributed by atoms with Gasteiger partial charge in [-0.25, -0.2) is 0 Å². The van der Waals surface area contributed by atoms with Gasteiger partial charge in [-0.3, -0.25) is 4.79 Å². The third-order valence-corrected chi connectivity index (χ3v) is 4.25. The molecule has 24 heavy (non-hydrogen) atoms. The van der Waals surface area contributed by atoms with Gasteiger partial charge < -0.3 is 10.1 Å². The molecule has 0 aliphatic carbocycles. The van der Waals surface area contributed by atoms with Gasteiger partial charge in [0.2, 0.25) is 5.91 Å². The van der Waals surface area contributed by atoms with Crippen molar-refractivity contribution in [1.29, 1.82) is 0 Å². The van der Waals surface area contributed by atoms with Gasteiger partial charge in [0.1, 0.15) is 5.75 Å². The molecule has 0 bridgehead atoms. The van der Waals surface area contributed by atoms with Crippen molar-refractivity contribution in [2.24, 2.45) is 5.92 Å². The number of carbonyl (C=O) groups is 1. The number of ether oxygens (including phenoxy) is 1. The third-order valence-electron chi connectivity index (χ3n) is 4.25. The van der Waals surface area contributed by atoms with Gasteiger partial charge in [0.25, 0.3) is 0 Å². The van der Waals surface area contributed by atoms with Crippen LogP contribution in [-0.2, 0) is 17.6 Å². The van der Waals surface area contributed by atoms with Crippen molar-refractivity contribution >= 4 is 5.91 Å². The van der Waals surface area contributed by atoms with E-state index in [1.54, 1.807) is 7.11 Å². The van der Waals surface area contributed by atoms with Crippen LogP contribution < -0.4 is 10.1 Å². The molecule has 0 saturated heterocycles. The Balaban J connectivity index is 2.04. The monoisotopic (exact) mass is 325 g/mol. The zero-order valence-electron chi connectivity index (χ0n) is 15.0. The first-order valence-electron chi connectivity index (χ1n) is 8.54. The number of amides is 1. The van der Waals surface area contributed by atoms with Gasteiger partial charge in [-0.05, 0) is 41.2 Å². The van der Waals surface area contributed by atoms with Crippen molar-refractivity contribution in [2.75, 3.05) is 7.11 Å². The van der Waals surface area contributed by atoms with Gasteiger partial charge >= 0.3 is 0 Å². The summed E-state index contributed by atoms with van der Waals surface area (Å²) in [6.07, 6.45) is 1.40. The van der Waals surface area contributed by atoms with Crippen LogP contribution in [0.25, 0.3) is 0 Å². The second kappa shape index (κ2) is 8.53. The average molecular weight is 325 g/mol. The van der Waals surface area contributed by atoms with Crippen molar-refractivity contribution in [3.05, 3.63) is 65.2 Å². The molecule has 0 aliphatic heterocycles. The molecule has 128 valence electrons. The molecule has 1 unspecified atom stereocenters. The number of nitrogens with one attached hydrogen (secondary N) is 1. The summed E-state index contributed by atoms with van der Waals surface area (Å²) in [5.74, 6) is 1.17. The van der Waals surface area contributed by atoms with E-state index in [9.17, 15) is 4.79 Å². The number of benzene rings is 2. The van der Waals surface area contributed by atoms with Crippen molar-refractivity contribution in [3.8, 4) is 5.75 Å². The summed E-state index contributed by atoms with van der Waals surface area (Å²) < 4.78 is 5.15. The minimum Gasteiger partial charge on any atom is -0.497 e. The van der Waals surface area contributed by atoms with E-state index in [-0.39, 0.29) is 11.9 Å². The predicted octanol–water partition coefficient (Wildman–Crippen LogP) is 4.31. The maximum absolute atomic E-state index is 12.4. The molecule has 0 heterocycles. The van der Waals surface area contributed by atoms with E-state index in [1.165, 1.54) is 5.56 Å². The van der Waals surface area contributed by atoms with Crippen LogP contribution in [0.1, 0.15) is 43.5 Å². The summed E-state index contributed by atoms with van der Waals surface area (Å²) in [5.41, 5.74) is 3.45. The first-order chi connectivity index (χ1) is 11.5. The highest BCUT2D eigenvalue weighted by Gasteiger charge is 2.18. The molecule has 2 aromatic rings. The van der Waals surface area contributed by atoms with E-state index in [0.29, 0.717) is 12.3 Å². The normalized spacial score (nSPS) is 12.0. The molecule has 2 rings (SSSR count). The van der Waals surface area contributed by atoms with E-state index < -0.39 is 0 Å². The van der Waals surface area contributed by atoms with Crippen molar-refractivity contribution in [3.63, 3.8) is 0 Å². The molecule has 0 spiro atoms. The second-order valence-electron chi connectivity index (χ2n) is 6.41. The topological polar surface area (TPSA) is 38.3 Å². The zero-order valence-corrected chi connectivity index (χ0v) is 15.0. The van der Waals surface area contributed by atoms with Gasteiger partial charge in [-0.15, -0.1) is 0 Å². The van der Waals surface area contributed by atoms with Gasteiger partial charge in [-0.2, -0.15) is 0 Å². The van der Waals surface area contributed by atoms with Crippen LogP contribution in [0.2, 0.25) is 0 Å². The van der Waals surface area contributed by atoms with Crippen molar-refractivity contribution in [1.82, 2.24) is 5.32 Å². The highest BCUT2D eigenvalue weighted by molar-refractivity contribution is 5.79. The fraction of sp³-hybridized carbons (Fsp3) is 0.381. The maximum Gasteiger partial charge on any atom is 0.224 e. The Hall–Kier alpha value is -2.29. The van der Waals surface area contributed by atoms with Crippen LogP contribution in [0.15, 0.2) is 48.5 Å². The molecule has 3 nitrogen and oxygen atoms in total. The van der Waals surface area contributed by atoms with E-state index >= 15 is 0 Å². The van der Waals surface area contributed by atoms with Crippen LogP contribution in [0.5, 0.6) is 5.75 Å². The summed E-state index contributed by atoms with van der Waals surface area (Å²) in [5, 5.41) is 3.18. The predicted molar refractivity (Wildman–Crippen MR) is 98.2 cm³/mol. The van der Waals surface area contributed by atoms with E-state index in [4.69, 9.17) is 4.74 Å². The molecule has 2 aromatic carbocycles. The lowest BCUT2D eigenvalue weighted by molar-refractivity contribution is -0.121. The molecule has 0 saturated carbocycles. The Labute approximate surface area is 145 Å². The molecule has 0 aliphatic rings. The zero-order chi connectivity index (χ0) is 17.5. The van der Waals surface area contributed by atoms with Crippen LogP contribution in [0, 0.1) is 5.92 Å². The third kappa shape index (κ3) is 4.85. The molecule has 1 atom stereocenters. The lowest BCUT2D eigenvalue weighted by atomic mass is 9.94. The van der Waals surface area contributed by atoms with Crippen LogP contribution in [0.4, 0.5) is 0 Å². The minimum atomic E-state index is 0.0293. The number of methoxy groups -OCH3 is 1. The second-order valence-corrected chi connectivity index (χ2v) is 6.41. The van der Waals surface area contributed by atoms with Gasteiger partial charge in [0.05, 0.1) is 19.6 Å². The molecular weight excluding hydrogens is 298 g/mol. The van der Waals surface area contributed by atoms with Crippen molar-refractivity contribution in [2.45, 2.75) is 39.7 Å². The van der Waals surface area contributed by atoms with Crippen LogP contribution in [-0.4, -0.2) is 13.0 Å². The average Bonchev–Trinajstić information content (AvgIpc) is 2.60. The highest BCUT2D eigenvalue weighted by Crippen LogP contribution is 2.22. The molecular formula is C21H27NO2. The van der Waals surface area contributed by atoms with Gasteiger partial charge in [0.15, 0.2) is 0 Å². The smallest absolute Gasteiger partial charge is 0.224 e. The summed E-state index contributed by atoms with van der Waals surface area (Å²) in [7, 11) is 1.64. The molecule has 0 aromatic heterocycles. The Bertz CT molecular complexity index is 645. The number of hydrogen-bond acceptors (Lipinski definition) is 2. The fourth-order valence-electron chi connectivity index (χ4n) is 2.75. The maximum atomic E-state index is 12.4. The fourth-order valence-corrected chi connectivity index (χ4v) is 2.75. The molecule has 0 fully saturated rings. The SMILES string of the molecule is CCc1ccc(C(NC(=O)Cc2ccc(OC)cc2)C(C)C)cc1. The van der Waals surface area contributed by atoms with E-state index in [1.807, 2.05) is 24.3 Å². The standard InChI is InChI=1S/C21H27NO2/c1-5-16-6-10-18(11-7-16)21(15(2)3)22-20(23)14-17-8-12-19(24-4)13-9-17/h6-13,15,21H,5,14H2,1-4H3,(H,22,23). The highest BCUT2D eigenvalue weighted by atomic mass is 16.5. The van der Waals surface area contributed by atoms with Crippen LogP contribution in [0.3, 0.4) is 0 Å². The van der Waals surface area contributed by atoms with Crippen LogP contribution >= 0.6 is 0 Å². The summed E-state index contributed by atoms with van der Waals surface area (Å²) >= 11 is 0. The first kappa shape index (κ1) is 18.1. The molecule has 0 radical (unpaired) electrons. The van der Waals surface area contributed by atoms with Gasteiger partial charge in [0, 0.05) is 0 Å². The Morgan fingerprint density at radius 2 is 1.58 bits per heavy atom. The largest absolute Gasteiger partial charge is 0.497 e. The lowest BCUT2D eigenvalue weighted by Gasteiger charge is -2.23. The number of aryl methyl sites for hydroxylation is 1. The van der Waals surface area contributed by atoms with E-state index in [2.05, 4.69) is 50.4 Å². The van der Waals surface area contributed by atoms with Gasteiger partial charge in [-0.1, -0.05) is 57.2 Å². The number of hydrogen-bond donors (Lipinski definition) is 1. The summed E-state index contributed by atoms with van der Waals surface area (Å²) in [4.78, 5) is 12.4. The number of rotatable bonds is 7. The Kier molecular flexibility index (Phi) is 6.42. The Morgan fingerprint density at radius 3 is 2.08 bits per heavy atom. The minimum absolute atomic E-state index is 0.0293. The quantitative estimate of drug-likeness (QED) is 0.823. The van der Waals surface area contributed by atoms with E-state index in [0.717, 1.165) is 23.3 Å².